The van der Waals surface area contributed by atoms with E-state index in [1.807, 2.05) is 61.7 Å². The lowest BCUT2D eigenvalue weighted by Gasteiger charge is -2.27. The Hall–Kier alpha value is -3.98. The number of H-pyrrole nitrogens is 1. The van der Waals surface area contributed by atoms with E-state index < -0.39 is 0 Å². The van der Waals surface area contributed by atoms with E-state index in [1.54, 1.807) is 0 Å². The number of para-hydroxylation sites is 2. The van der Waals surface area contributed by atoms with Gasteiger partial charge in [-0.15, -0.1) is 0 Å². The molecule has 0 radical (unpaired) electrons. The molecule has 2 aromatic carbocycles. The Bertz CT molecular complexity index is 1230. The normalized spacial score (nSPS) is 14.5. The van der Waals surface area contributed by atoms with Crippen LogP contribution in [0.1, 0.15) is 12.5 Å². The van der Waals surface area contributed by atoms with Gasteiger partial charge in [-0.2, -0.15) is 20.1 Å². The fraction of sp³-hybridized carbons (Fsp3) is 0.217. The highest BCUT2D eigenvalue weighted by Gasteiger charge is 2.17. The van der Waals surface area contributed by atoms with Gasteiger partial charge in [0.1, 0.15) is 0 Å². The minimum absolute atomic E-state index is 0.374. The van der Waals surface area contributed by atoms with Crippen molar-refractivity contribution in [3.8, 4) is 0 Å². The number of rotatable bonds is 6. The number of aromatic nitrogens is 4. The maximum absolute atomic E-state index is 5.46. The fourth-order valence-electron chi connectivity index (χ4n) is 3.59. The van der Waals surface area contributed by atoms with Crippen LogP contribution in [-0.4, -0.2) is 52.0 Å². The van der Waals surface area contributed by atoms with Crippen LogP contribution in [0.3, 0.4) is 0 Å². The van der Waals surface area contributed by atoms with E-state index in [0.29, 0.717) is 31.1 Å². The highest BCUT2D eigenvalue weighted by Crippen LogP contribution is 2.20. The first-order valence-electron chi connectivity index (χ1n) is 10.5. The predicted octanol–water partition coefficient (Wildman–Crippen LogP) is 3.77. The van der Waals surface area contributed by atoms with Crippen LogP contribution in [0.4, 0.5) is 23.5 Å². The van der Waals surface area contributed by atoms with Crippen LogP contribution < -0.4 is 15.6 Å². The molecule has 4 aromatic rings. The van der Waals surface area contributed by atoms with Gasteiger partial charge in [-0.05, 0) is 25.1 Å². The monoisotopic (exact) mass is 428 g/mol. The first-order valence-corrected chi connectivity index (χ1v) is 10.5. The highest BCUT2D eigenvalue weighted by atomic mass is 16.5. The molecule has 3 N–H and O–H groups in total. The number of hydrazone groups is 1. The Labute approximate surface area is 185 Å². The summed E-state index contributed by atoms with van der Waals surface area (Å²) in [6.45, 7) is 4.70. The Balaban J connectivity index is 1.43. The molecule has 3 heterocycles. The van der Waals surface area contributed by atoms with Crippen LogP contribution in [0.5, 0.6) is 0 Å². The molecule has 9 nitrogen and oxygen atoms in total. The number of aromatic amines is 1. The maximum atomic E-state index is 5.46. The molecule has 162 valence electrons. The van der Waals surface area contributed by atoms with Crippen molar-refractivity contribution in [2.75, 3.05) is 41.9 Å². The van der Waals surface area contributed by atoms with Crippen LogP contribution >= 0.6 is 0 Å². The van der Waals surface area contributed by atoms with E-state index in [-0.39, 0.29) is 0 Å². The molecule has 5 rings (SSSR count). The number of morpholine rings is 1. The van der Waals surface area contributed by atoms with Gasteiger partial charge in [-0.3, -0.25) is 0 Å². The Kier molecular flexibility index (Phi) is 5.63. The van der Waals surface area contributed by atoms with Gasteiger partial charge in [-0.1, -0.05) is 36.4 Å². The second kappa shape index (κ2) is 9.03. The molecular weight excluding hydrogens is 404 g/mol. The topological polar surface area (TPSA) is 103 Å². The molecule has 0 amide bonds. The van der Waals surface area contributed by atoms with Crippen molar-refractivity contribution in [2.24, 2.45) is 5.10 Å². The summed E-state index contributed by atoms with van der Waals surface area (Å²) in [5.41, 5.74) is 6.84. The first kappa shape index (κ1) is 20.0. The molecule has 1 aliphatic heterocycles. The molecule has 1 fully saturated rings. The summed E-state index contributed by atoms with van der Waals surface area (Å²) in [5, 5.41) is 8.91. The lowest BCUT2D eigenvalue weighted by Crippen LogP contribution is -2.37. The van der Waals surface area contributed by atoms with E-state index in [1.165, 1.54) is 0 Å². The molecule has 0 atom stereocenters. The smallest absolute Gasteiger partial charge is 0.250 e. The number of hydrogen-bond acceptors (Lipinski definition) is 8. The standard InChI is InChI=1S/C23H24N8O/c1-16(19-15-24-20-10-6-5-9-18(19)20)29-30-22-26-21(25-17-7-3-2-4-8-17)27-23(28-22)31-11-13-32-14-12-31/h2-10,15,24H,11-14H2,1H3,(H2,25,26,27,28,30)/b29-16-. The third kappa shape index (κ3) is 4.37. The summed E-state index contributed by atoms with van der Waals surface area (Å²) >= 11 is 0. The van der Waals surface area contributed by atoms with Crippen molar-refractivity contribution >= 4 is 40.1 Å². The van der Waals surface area contributed by atoms with Crippen molar-refractivity contribution < 1.29 is 4.74 Å². The fourth-order valence-corrected chi connectivity index (χ4v) is 3.59. The molecule has 0 saturated carbocycles. The molecule has 1 aliphatic rings. The molecule has 0 unspecified atom stereocenters. The minimum Gasteiger partial charge on any atom is -0.378 e. The number of benzene rings is 2. The lowest BCUT2D eigenvalue weighted by atomic mass is 10.1. The molecule has 2 aromatic heterocycles. The van der Waals surface area contributed by atoms with Crippen LogP contribution in [0.15, 0.2) is 65.9 Å². The summed E-state index contributed by atoms with van der Waals surface area (Å²) in [5.74, 6) is 1.42. The summed E-state index contributed by atoms with van der Waals surface area (Å²) < 4.78 is 5.46. The van der Waals surface area contributed by atoms with Crippen molar-refractivity contribution in [1.82, 2.24) is 19.9 Å². The molecule has 0 bridgehead atoms. The molecule has 0 aliphatic carbocycles. The number of nitrogens with one attached hydrogen (secondary N) is 3. The van der Waals surface area contributed by atoms with E-state index in [4.69, 9.17) is 4.74 Å². The number of ether oxygens (including phenoxy) is 1. The average Bonchev–Trinajstić information content (AvgIpc) is 3.28. The molecule has 0 spiro atoms. The second-order valence-electron chi connectivity index (χ2n) is 7.43. The zero-order valence-corrected chi connectivity index (χ0v) is 17.7. The predicted molar refractivity (Wildman–Crippen MR) is 127 cm³/mol. The van der Waals surface area contributed by atoms with Crippen LogP contribution in [0.25, 0.3) is 10.9 Å². The van der Waals surface area contributed by atoms with Gasteiger partial charge < -0.3 is 19.9 Å². The minimum atomic E-state index is 0.374. The number of anilines is 4. The highest BCUT2D eigenvalue weighted by molar-refractivity contribution is 6.09. The third-order valence-electron chi connectivity index (χ3n) is 5.25. The number of fused-ring (bicyclic) bond motifs is 1. The van der Waals surface area contributed by atoms with E-state index in [0.717, 1.165) is 41.0 Å². The van der Waals surface area contributed by atoms with Crippen LogP contribution in [0, 0.1) is 0 Å². The largest absolute Gasteiger partial charge is 0.378 e. The molecular formula is C23H24N8O. The van der Waals surface area contributed by atoms with Crippen molar-refractivity contribution in [1.29, 1.82) is 0 Å². The molecule has 32 heavy (non-hydrogen) atoms. The van der Waals surface area contributed by atoms with Gasteiger partial charge in [0.05, 0.1) is 18.9 Å². The van der Waals surface area contributed by atoms with Gasteiger partial charge >= 0.3 is 0 Å². The van der Waals surface area contributed by atoms with E-state index >= 15 is 0 Å². The summed E-state index contributed by atoms with van der Waals surface area (Å²) in [7, 11) is 0. The van der Waals surface area contributed by atoms with Crippen molar-refractivity contribution in [3.05, 3.63) is 66.4 Å². The maximum Gasteiger partial charge on any atom is 0.250 e. The Morgan fingerprint density at radius 3 is 2.56 bits per heavy atom. The average molecular weight is 429 g/mol. The van der Waals surface area contributed by atoms with E-state index in [2.05, 4.69) is 46.7 Å². The van der Waals surface area contributed by atoms with Crippen LogP contribution in [-0.2, 0) is 4.74 Å². The first-order chi connectivity index (χ1) is 15.8. The van der Waals surface area contributed by atoms with Gasteiger partial charge in [-0.25, -0.2) is 5.43 Å². The van der Waals surface area contributed by atoms with Crippen molar-refractivity contribution in [2.45, 2.75) is 6.92 Å². The van der Waals surface area contributed by atoms with Gasteiger partial charge in [0.25, 0.3) is 0 Å². The van der Waals surface area contributed by atoms with Gasteiger partial charge in [0.2, 0.25) is 17.8 Å². The Morgan fingerprint density at radius 2 is 1.72 bits per heavy atom. The third-order valence-corrected chi connectivity index (χ3v) is 5.25. The van der Waals surface area contributed by atoms with Gasteiger partial charge in [0.15, 0.2) is 0 Å². The number of nitrogens with zero attached hydrogens (tertiary/aromatic N) is 5. The Morgan fingerprint density at radius 1 is 0.969 bits per heavy atom. The zero-order valence-electron chi connectivity index (χ0n) is 17.7. The summed E-state index contributed by atoms with van der Waals surface area (Å²) in [4.78, 5) is 19.1. The van der Waals surface area contributed by atoms with Crippen LogP contribution in [0.2, 0.25) is 0 Å². The SMILES string of the molecule is C/C(=N/Nc1nc(Nc2ccccc2)nc(N2CCOCC2)n1)c1c[nH]c2ccccc12. The van der Waals surface area contributed by atoms with Gasteiger partial charge in [0, 0.05) is 41.4 Å². The number of hydrogen-bond donors (Lipinski definition) is 3. The lowest BCUT2D eigenvalue weighted by molar-refractivity contribution is 0.122. The molecule has 9 heteroatoms. The zero-order chi connectivity index (χ0) is 21.8. The van der Waals surface area contributed by atoms with E-state index in [9.17, 15) is 0 Å². The summed E-state index contributed by atoms with van der Waals surface area (Å²) in [6, 6.07) is 17.9. The molecule has 1 saturated heterocycles. The quantitative estimate of drug-likeness (QED) is 0.317. The summed E-state index contributed by atoms with van der Waals surface area (Å²) in [6.07, 6.45) is 1.96. The second-order valence-corrected chi connectivity index (χ2v) is 7.43. The van der Waals surface area contributed by atoms with Crippen molar-refractivity contribution in [3.63, 3.8) is 0 Å².